The van der Waals surface area contributed by atoms with Gasteiger partial charge in [0.05, 0.1) is 0 Å². The van der Waals surface area contributed by atoms with Crippen LogP contribution in [0.2, 0.25) is 0 Å². The van der Waals surface area contributed by atoms with Gasteiger partial charge in [-0.3, -0.25) is 4.79 Å². The number of allylic oxidation sites excluding steroid dienone is 2. The van der Waals surface area contributed by atoms with E-state index in [0.29, 0.717) is 6.42 Å². The quantitative estimate of drug-likeness (QED) is 0.669. The molecule has 1 aromatic carbocycles. The smallest absolute Gasteiger partial charge is 0.155 e. The normalized spacial score (nSPS) is 17.5. The van der Waals surface area contributed by atoms with Crippen LogP contribution in [0.3, 0.4) is 0 Å². The van der Waals surface area contributed by atoms with Crippen LogP contribution in [0.1, 0.15) is 37.3 Å². The van der Waals surface area contributed by atoms with E-state index in [-0.39, 0.29) is 5.78 Å². The lowest BCUT2D eigenvalue weighted by molar-refractivity contribution is -0.114. The molecule has 0 unspecified atom stereocenters. The molecule has 15 heavy (non-hydrogen) atoms. The predicted molar refractivity (Wildman–Crippen MR) is 62.7 cm³/mol. The summed E-state index contributed by atoms with van der Waals surface area (Å²) in [5.74, 6) is 0.238. The third kappa shape index (κ3) is 2.17. The Hall–Kier alpha value is -1.37. The Morgan fingerprint density at radius 1 is 1.33 bits per heavy atom. The number of carbonyl (C=O) groups is 1. The van der Waals surface area contributed by atoms with Crippen LogP contribution in [0, 0.1) is 0 Å². The maximum absolute atomic E-state index is 11.4. The molecule has 0 bridgehead atoms. The first-order valence-corrected chi connectivity index (χ1v) is 5.63. The van der Waals surface area contributed by atoms with Gasteiger partial charge < -0.3 is 0 Å². The van der Waals surface area contributed by atoms with E-state index in [1.54, 1.807) is 0 Å². The van der Waals surface area contributed by atoms with E-state index in [0.717, 1.165) is 12.8 Å². The molecule has 0 atom stereocenters. The molecule has 1 aromatic rings. The molecule has 0 heterocycles. The molecular formula is C14H16O. The van der Waals surface area contributed by atoms with Crippen molar-refractivity contribution < 1.29 is 4.79 Å². The average Bonchev–Trinajstić information content (AvgIpc) is 2.29. The molecule has 0 radical (unpaired) electrons. The largest absolute Gasteiger partial charge is 0.295 e. The highest BCUT2D eigenvalue weighted by Gasteiger charge is 2.13. The lowest BCUT2D eigenvalue weighted by atomic mass is 9.87. The molecule has 2 rings (SSSR count). The zero-order valence-corrected chi connectivity index (χ0v) is 9.12. The van der Waals surface area contributed by atoms with Crippen LogP contribution < -0.4 is 0 Å². The maximum Gasteiger partial charge on any atom is 0.155 e. The van der Waals surface area contributed by atoms with E-state index < -0.39 is 0 Å². The van der Waals surface area contributed by atoms with Crippen molar-refractivity contribution in [2.45, 2.75) is 32.6 Å². The Labute approximate surface area is 90.8 Å². The van der Waals surface area contributed by atoms with Crippen LogP contribution in [0.25, 0.3) is 5.57 Å². The van der Waals surface area contributed by atoms with Gasteiger partial charge in [-0.05, 0) is 42.0 Å². The van der Waals surface area contributed by atoms with Gasteiger partial charge in [-0.1, -0.05) is 31.2 Å². The van der Waals surface area contributed by atoms with E-state index in [2.05, 4.69) is 24.3 Å². The molecule has 0 aromatic heterocycles. The minimum atomic E-state index is 0.238. The van der Waals surface area contributed by atoms with E-state index in [4.69, 9.17) is 0 Å². The van der Waals surface area contributed by atoms with E-state index >= 15 is 0 Å². The van der Waals surface area contributed by atoms with E-state index in [9.17, 15) is 4.79 Å². The molecule has 1 aliphatic rings. The van der Waals surface area contributed by atoms with Crippen molar-refractivity contribution in [3.63, 3.8) is 0 Å². The summed E-state index contributed by atoms with van der Waals surface area (Å²) in [4.78, 5) is 11.4. The molecule has 78 valence electrons. The van der Waals surface area contributed by atoms with E-state index in [1.807, 2.05) is 13.0 Å². The molecule has 0 aliphatic heterocycles. The number of rotatable bonds is 2. The van der Waals surface area contributed by atoms with Crippen molar-refractivity contribution in [2.75, 3.05) is 0 Å². The molecule has 0 amide bonds. The third-order valence-electron chi connectivity index (χ3n) is 2.94. The fourth-order valence-corrected chi connectivity index (χ4v) is 2.10. The second kappa shape index (κ2) is 4.43. The maximum atomic E-state index is 11.4. The van der Waals surface area contributed by atoms with Crippen molar-refractivity contribution in [3.8, 4) is 0 Å². The number of hydrogen-bond donors (Lipinski definition) is 0. The van der Waals surface area contributed by atoms with Gasteiger partial charge in [-0.25, -0.2) is 0 Å². The highest BCUT2D eigenvalue weighted by atomic mass is 16.1. The lowest BCUT2D eigenvalue weighted by Gasteiger charge is -2.18. The van der Waals surface area contributed by atoms with Gasteiger partial charge in [-0.15, -0.1) is 0 Å². The van der Waals surface area contributed by atoms with Gasteiger partial charge in [0.15, 0.2) is 5.78 Å². The summed E-state index contributed by atoms with van der Waals surface area (Å²) in [6, 6.07) is 8.42. The van der Waals surface area contributed by atoms with Crippen molar-refractivity contribution >= 4 is 11.4 Å². The molecule has 0 saturated carbocycles. The first kappa shape index (κ1) is 10.2. The fourth-order valence-electron chi connectivity index (χ4n) is 2.10. The van der Waals surface area contributed by atoms with E-state index in [1.165, 1.54) is 23.1 Å². The number of benzene rings is 1. The summed E-state index contributed by atoms with van der Waals surface area (Å²) in [7, 11) is 0. The molecular weight excluding hydrogens is 184 g/mol. The van der Waals surface area contributed by atoms with Gasteiger partial charge in [-0.2, -0.15) is 0 Å². The number of carbonyl (C=O) groups excluding carboxylic acids is 1. The molecule has 1 nitrogen and oxygen atoms in total. The molecule has 0 saturated heterocycles. The van der Waals surface area contributed by atoms with Crippen LogP contribution in [0.15, 0.2) is 30.3 Å². The monoisotopic (exact) mass is 200 g/mol. The Kier molecular flexibility index (Phi) is 3.00. The number of aryl methyl sites for hydroxylation is 1. The van der Waals surface area contributed by atoms with Crippen LogP contribution in [0.5, 0.6) is 0 Å². The SMILES string of the molecule is CCC(=O)/C=C1\CCCc2ccccc21. The summed E-state index contributed by atoms with van der Waals surface area (Å²) in [5, 5.41) is 0. The summed E-state index contributed by atoms with van der Waals surface area (Å²) in [5.41, 5.74) is 3.90. The van der Waals surface area contributed by atoms with Gasteiger partial charge in [0.25, 0.3) is 0 Å². The lowest BCUT2D eigenvalue weighted by Crippen LogP contribution is -2.03. The molecule has 0 N–H and O–H groups in total. The highest BCUT2D eigenvalue weighted by Crippen LogP contribution is 2.30. The molecule has 0 spiro atoms. The number of fused-ring (bicyclic) bond motifs is 1. The van der Waals surface area contributed by atoms with Gasteiger partial charge in [0, 0.05) is 6.42 Å². The molecule has 1 aliphatic carbocycles. The van der Waals surface area contributed by atoms with Crippen molar-refractivity contribution in [1.29, 1.82) is 0 Å². The summed E-state index contributed by atoms with van der Waals surface area (Å²) < 4.78 is 0. The van der Waals surface area contributed by atoms with Crippen LogP contribution in [0.4, 0.5) is 0 Å². The van der Waals surface area contributed by atoms with Crippen molar-refractivity contribution in [2.24, 2.45) is 0 Å². The Balaban J connectivity index is 2.37. The standard InChI is InChI=1S/C14H16O/c1-2-13(15)10-12-8-5-7-11-6-3-4-9-14(11)12/h3-4,6,9-10H,2,5,7-8H2,1H3/b12-10+. The Morgan fingerprint density at radius 2 is 2.13 bits per heavy atom. The third-order valence-corrected chi connectivity index (χ3v) is 2.94. The molecule has 0 fully saturated rings. The first-order valence-electron chi connectivity index (χ1n) is 5.63. The minimum Gasteiger partial charge on any atom is -0.295 e. The van der Waals surface area contributed by atoms with Crippen LogP contribution in [-0.4, -0.2) is 5.78 Å². The highest BCUT2D eigenvalue weighted by molar-refractivity contribution is 5.97. The van der Waals surface area contributed by atoms with Gasteiger partial charge >= 0.3 is 0 Å². The van der Waals surface area contributed by atoms with Crippen LogP contribution in [-0.2, 0) is 11.2 Å². The number of ketones is 1. The fraction of sp³-hybridized carbons (Fsp3) is 0.357. The predicted octanol–water partition coefficient (Wildman–Crippen LogP) is 3.39. The van der Waals surface area contributed by atoms with Crippen LogP contribution >= 0.6 is 0 Å². The van der Waals surface area contributed by atoms with Gasteiger partial charge in [0.1, 0.15) is 0 Å². The molecule has 1 heteroatoms. The second-order valence-electron chi connectivity index (χ2n) is 4.00. The summed E-state index contributed by atoms with van der Waals surface area (Å²) in [6.07, 6.45) is 5.79. The van der Waals surface area contributed by atoms with Crippen molar-refractivity contribution in [1.82, 2.24) is 0 Å². The number of hydrogen-bond acceptors (Lipinski definition) is 1. The topological polar surface area (TPSA) is 17.1 Å². The summed E-state index contributed by atoms with van der Waals surface area (Å²) in [6.45, 7) is 1.91. The van der Waals surface area contributed by atoms with Crippen molar-refractivity contribution in [3.05, 3.63) is 41.5 Å². The zero-order chi connectivity index (χ0) is 10.7. The Bertz CT molecular complexity index is 402. The Morgan fingerprint density at radius 3 is 2.93 bits per heavy atom. The summed E-state index contributed by atoms with van der Waals surface area (Å²) >= 11 is 0. The zero-order valence-electron chi connectivity index (χ0n) is 9.12. The minimum absolute atomic E-state index is 0.238. The van der Waals surface area contributed by atoms with Gasteiger partial charge in [0.2, 0.25) is 0 Å². The second-order valence-corrected chi connectivity index (χ2v) is 4.00. The first-order chi connectivity index (χ1) is 7.31. The average molecular weight is 200 g/mol.